The zero-order valence-corrected chi connectivity index (χ0v) is 23.6. The molecule has 1 fully saturated rings. The fourth-order valence-corrected chi connectivity index (χ4v) is 5.45. The molecule has 2 aromatic carbocycles. The maximum atomic E-state index is 12.8. The third kappa shape index (κ3) is 8.41. The number of aryl methyl sites for hydroxylation is 3. The summed E-state index contributed by atoms with van der Waals surface area (Å²) in [6.45, 7) is 4.68. The molecule has 0 unspecified atom stereocenters. The molecule has 1 aromatic heterocycles. The summed E-state index contributed by atoms with van der Waals surface area (Å²) in [5.74, 6) is 0.685. The Morgan fingerprint density at radius 2 is 1.62 bits per heavy atom. The van der Waals surface area contributed by atoms with Crippen molar-refractivity contribution in [2.24, 2.45) is 5.92 Å². The number of pyridine rings is 1. The molecular weight excluding hydrogens is 484 g/mol. The highest BCUT2D eigenvalue weighted by Gasteiger charge is 2.14. The monoisotopic (exact) mass is 526 g/mol. The molecule has 0 bridgehead atoms. The summed E-state index contributed by atoms with van der Waals surface area (Å²) in [7, 11) is 1.60. The van der Waals surface area contributed by atoms with Crippen molar-refractivity contribution in [2.75, 3.05) is 12.4 Å². The maximum Gasteiger partial charge on any atom is 0.319 e. The molecule has 1 saturated carbocycles. The van der Waals surface area contributed by atoms with Crippen LogP contribution in [0, 0.1) is 19.8 Å². The van der Waals surface area contributed by atoms with Gasteiger partial charge in [0.2, 0.25) is 0 Å². The van der Waals surface area contributed by atoms with Gasteiger partial charge in [-0.15, -0.1) is 0 Å². The van der Waals surface area contributed by atoms with E-state index in [-0.39, 0.29) is 11.9 Å². The fourth-order valence-electron chi connectivity index (χ4n) is 5.45. The number of hydrogen-bond acceptors (Lipinski definition) is 3. The summed E-state index contributed by atoms with van der Waals surface area (Å²) in [5.41, 5.74) is 8.20. The number of nitrogens with one attached hydrogen (secondary N) is 3. The van der Waals surface area contributed by atoms with Crippen molar-refractivity contribution in [3.63, 3.8) is 0 Å². The van der Waals surface area contributed by atoms with E-state index in [1.54, 1.807) is 13.2 Å². The van der Waals surface area contributed by atoms with E-state index < -0.39 is 0 Å². The van der Waals surface area contributed by atoms with Gasteiger partial charge in [0.15, 0.2) is 0 Å². The van der Waals surface area contributed by atoms with Crippen LogP contribution in [0.3, 0.4) is 0 Å². The Bertz CT molecular complexity index is 1260. The summed E-state index contributed by atoms with van der Waals surface area (Å²) in [6, 6.07) is 16.1. The minimum atomic E-state index is -0.191. The number of carbonyl (C=O) groups is 2. The molecule has 4 rings (SSSR count). The van der Waals surface area contributed by atoms with Crippen LogP contribution in [0.4, 0.5) is 10.5 Å². The molecule has 206 valence electrons. The van der Waals surface area contributed by atoms with E-state index in [0.29, 0.717) is 18.7 Å². The number of aromatic nitrogens is 1. The molecule has 1 aliphatic rings. The van der Waals surface area contributed by atoms with Crippen molar-refractivity contribution in [3.8, 4) is 0 Å². The van der Waals surface area contributed by atoms with Crippen LogP contribution in [-0.4, -0.2) is 24.0 Å². The van der Waals surface area contributed by atoms with Crippen LogP contribution in [-0.2, 0) is 19.4 Å². The molecule has 0 aliphatic heterocycles. The second kappa shape index (κ2) is 13.9. The van der Waals surface area contributed by atoms with Crippen LogP contribution < -0.4 is 16.0 Å². The SMILES string of the molecule is CNC(=O)c1cc(Cc2ccc(CNC(=O)Nc3cc(C)c(C)cc3CCCC3CCCCC3)cc2)ccn1. The molecule has 0 saturated heterocycles. The van der Waals surface area contributed by atoms with Gasteiger partial charge in [0.05, 0.1) is 0 Å². The largest absolute Gasteiger partial charge is 0.354 e. The molecule has 0 radical (unpaired) electrons. The molecule has 6 nitrogen and oxygen atoms in total. The molecule has 3 aromatic rings. The van der Waals surface area contributed by atoms with E-state index in [4.69, 9.17) is 0 Å². The summed E-state index contributed by atoms with van der Waals surface area (Å²) in [4.78, 5) is 28.8. The van der Waals surface area contributed by atoms with Gasteiger partial charge in [0.25, 0.3) is 5.91 Å². The number of urea groups is 1. The van der Waals surface area contributed by atoms with E-state index in [1.165, 1.54) is 61.6 Å². The standard InChI is InChI=1S/C33H42N4O2/c1-23-18-29(11-7-10-25-8-5-4-6-9-25)30(19-24(23)2)37-33(39)36-22-27-14-12-26(13-15-27)20-28-16-17-35-31(21-28)32(38)34-3/h12-19,21,25H,4-11,20,22H2,1-3H3,(H,34,38)(H2,36,37,39). The Morgan fingerprint density at radius 3 is 2.36 bits per heavy atom. The van der Waals surface area contributed by atoms with Crippen molar-refractivity contribution in [2.45, 2.75) is 78.2 Å². The molecule has 39 heavy (non-hydrogen) atoms. The number of carbonyl (C=O) groups excluding carboxylic acids is 2. The second-order valence-electron chi connectivity index (χ2n) is 10.9. The first kappa shape index (κ1) is 28.3. The molecular formula is C33H42N4O2. The third-order valence-corrected chi connectivity index (χ3v) is 7.92. The van der Waals surface area contributed by atoms with E-state index in [2.05, 4.69) is 59.0 Å². The first-order valence-corrected chi connectivity index (χ1v) is 14.3. The van der Waals surface area contributed by atoms with Gasteiger partial charge in [-0.1, -0.05) is 68.9 Å². The van der Waals surface area contributed by atoms with Gasteiger partial charge in [0, 0.05) is 25.5 Å². The Labute approximate surface area is 233 Å². The van der Waals surface area contributed by atoms with Crippen molar-refractivity contribution < 1.29 is 9.59 Å². The molecule has 1 heterocycles. The summed E-state index contributed by atoms with van der Waals surface area (Å²) >= 11 is 0. The first-order valence-electron chi connectivity index (χ1n) is 14.3. The van der Waals surface area contributed by atoms with E-state index in [1.807, 2.05) is 24.3 Å². The summed E-state index contributed by atoms with van der Waals surface area (Å²) in [6.07, 6.45) is 12.7. The van der Waals surface area contributed by atoms with E-state index >= 15 is 0 Å². The van der Waals surface area contributed by atoms with E-state index in [0.717, 1.165) is 34.7 Å². The first-order chi connectivity index (χ1) is 18.9. The van der Waals surface area contributed by atoms with Crippen molar-refractivity contribution >= 4 is 17.6 Å². The molecule has 3 amide bonds. The number of hydrogen-bond donors (Lipinski definition) is 3. The number of benzene rings is 2. The zero-order chi connectivity index (χ0) is 27.6. The highest BCUT2D eigenvalue weighted by atomic mass is 16.2. The topological polar surface area (TPSA) is 83.1 Å². The lowest BCUT2D eigenvalue weighted by Crippen LogP contribution is -2.28. The lowest BCUT2D eigenvalue weighted by atomic mass is 9.85. The van der Waals surface area contributed by atoms with Crippen LogP contribution in [0.1, 0.15) is 88.8 Å². The number of nitrogens with zero attached hydrogens (tertiary/aromatic N) is 1. The molecule has 6 heteroatoms. The van der Waals surface area contributed by atoms with Gasteiger partial charge in [-0.25, -0.2) is 4.79 Å². The van der Waals surface area contributed by atoms with Gasteiger partial charge in [-0.3, -0.25) is 9.78 Å². The Kier molecular flexibility index (Phi) is 10.1. The summed E-state index contributed by atoms with van der Waals surface area (Å²) in [5, 5.41) is 8.73. The molecule has 0 atom stereocenters. The molecule has 0 spiro atoms. The van der Waals surface area contributed by atoms with Crippen molar-refractivity contribution in [1.82, 2.24) is 15.6 Å². The average molecular weight is 527 g/mol. The van der Waals surface area contributed by atoms with Crippen LogP contribution in [0.15, 0.2) is 54.7 Å². The number of rotatable bonds is 10. The smallest absolute Gasteiger partial charge is 0.319 e. The van der Waals surface area contributed by atoms with Gasteiger partial charge >= 0.3 is 6.03 Å². The fraction of sp³-hybridized carbons (Fsp3) is 0.424. The van der Waals surface area contributed by atoms with Crippen LogP contribution in [0.25, 0.3) is 0 Å². The van der Waals surface area contributed by atoms with Gasteiger partial charge < -0.3 is 16.0 Å². The number of anilines is 1. The van der Waals surface area contributed by atoms with Gasteiger partial charge in [-0.2, -0.15) is 0 Å². The minimum absolute atomic E-state index is 0.186. The number of amides is 3. The van der Waals surface area contributed by atoms with Crippen LogP contribution in [0.5, 0.6) is 0 Å². The highest BCUT2D eigenvalue weighted by Crippen LogP contribution is 2.29. The molecule has 1 aliphatic carbocycles. The second-order valence-corrected chi connectivity index (χ2v) is 10.9. The highest BCUT2D eigenvalue weighted by molar-refractivity contribution is 5.92. The molecule has 3 N–H and O–H groups in total. The predicted molar refractivity (Wildman–Crippen MR) is 158 cm³/mol. The van der Waals surface area contributed by atoms with Gasteiger partial charge in [-0.05, 0) is 90.6 Å². The Balaban J connectivity index is 1.29. The van der Waals surface area contributed by atoms with Crippen LogP contribution >= 0.6 is 0 Å². The lowest BCUT2D eigenvalue weighted by Gasteiger charge is -2.21. The Morgan fingerprint density at radius 1 is 0.897 bits per heavy atom. The third-order valence-electron chi connectivity index (χ3n) is 7.92. The van der Waals surface area contributed by atoms with Crippen molar-refractivity contribution in [3.05, 3.63) is 93.8 Å². The summed E-state index contributed by atoms with van der Waals surface area (Å²) < 4.78 is 0. The predicted octanol–water partition coefficient (Wildman–Crippen LogP) is 6.87. The van der Waals surface area contributed by atoms with Crippen molar-refractivity contribution in [1.29, 1.82) is 0 Å². The minimum Gasteiger partial charge on any atom is -0.354 e. The van der Waals surface area contributed by atoms with Crippen LogP contribution in [0.2, 0.25) is 0 Å². The maximum absolute atomic E-state index is 12.8. The normalized spacial score (nSPS) is 13.6. The lowest BCUT2D eigenvalue weighted by molar-refractivity contribution is 0.0958. The van der Waals surface area contributed by atoms with Gasteiger partial charge in [0.1, 0.15) is 5.69 Å². The zero-order valence-electron chi connectivity index (χ0n) is 23.6. The average Bonchev–Trinajstić information content (AvgIpc) is 2.95. The van der Waals surface area contributed by atoms with E-state index in [9.17, 15) is 9.59 Å². The quantitative estimate of drug-likeness (QED) is 0.269. The Hall–Kier alpha value is -3.67.